The molecule has 0 radical (unpaired) electrons. The molecule has 0 amide bonds. The maximum atomic E-state index is 12.7. The van der Waals surface area contributed by atoms with Crippen LogP contribution in [0.2, 0.25) is 0 Å². The van der Waals surface area contributed by atoms with Gasteiger partial charge < -0.3 is 4.90 Å². The van der Waals surface area contributed by atoms with E-state index in [0.717, 1.165) is 37.7 Å². The van der Waals surface area contributed by atoms with E-state index in [1.807, 2.05) is 6.07 Å². The Morgan fingerprint density at radius 3 is 2.46 bits per heavy atom. The molecule has 0 bridgehead atoms. The zero-order chi connectivity index (χ0) is 19.7. The molecule has 0 N–H and O–H groups in total. The van der Waals surface area contributed by atoms with Crippen LogP contribution in [-0.2, 0) is 16.4 Å². The number of sulfonamides is 1. The first-order valence-corrected chi connectivity index (χ1v) is 11.1. The number of carbonyl (C=O) groups excluding carboxylic acids is 1. The van der Waals surface area contributed by atoms with Crippen molar-refractivity contribution in [3.05, 3.63) is 47.8 Å². The maximum absolute atomic E-state index is 12.7. The van der Waals surface area contributed by atoms with E-state index in [2.05, 4.69) is 19.8 Å². The van der Waals surface area contributed by atoms with Gasteiger partial charge in [-0.25, -0.2) is 18.4 Å². The molecule has 3 heterocycles. The van der Waals surface area contributed by atoms with E-state index >= 15 is 0 Å². The average Bonchev–Trinajstić information content (AvgIpc) is 3.13. The highest BCUT2D eigenvalue weighted by Crippen LogP contribution is 2.30. The average molecular weight is 401 g/mol. The van der Waals surface area contributed by atoms with Crippen LogP contribution in [0.5, 0.6) is 0 Å². The highest BCUT2D eigenvalue weighted by Gasteiger charge is 2.27. The third-order valence-corrected chi connectivity index (χ3v) is 6.41. The monoisotopic (exact) mass is 401 g/mol. The first kappa shape index (κ1) is 18.8. The lowest BCUT2D eigenvalue weighted by atomic mass is 10.0. The third kappa shape index (κ3) is 3.85. The van der Waals surface area contributed by atoms with Crippen LogP contribution in [0.15, 0.2) is 36.7 Å². The number of carbonyl (C=O) groups is 1. The van der Waals surface area contributed by atoms with Crippen molar-refractivity contribution in [3.63, 3.8) is 0 Å². The summed E-state index contributed by atoms with van der Waals surface area (Å²) in [5.41, 5.74) is 2.25. The van der Waals surface area contributed by atoms with Crippen molar-refractivity contribution in [3.8, 4) is 0 Å². The van der Waals surface area contributed by atoms with Gasteiger partial charge in [0, 0.05) is 50.7 Å². The van der Waals surface area contributed by atoms with E-state index in [9.17, 15) is 13.2 Å². The lowest BCUT2D eigenvalue weighted by Crippen LogP contribution is -2.48. The van der Waals surface area contributed by atoms with Crippen molar-refractivity contribution in [2.24, 2.45) is 0 Å². The third-order valence-electron chi connectivity index (χ3n) is 5.23. The molecule has 1 saturated heterocycles. The second-order valence-electron chi connectivity index (χ2n) is 7.16. The number of hydrogen-bond donors (Lipinski definition) is 0. The predicted octanol–water partition coefficient (Wildman–Crippen LogP) is 0.804. The molecular weight excluding hydrogens is 378 g/mol. The van der Waals surface area contributed by atoms with Crippen molar-refractivity contribution in [2.45, 2.75) is 6.42 Å². The van der Waals surface area contributed by atoms with Gasteiger partial charge in [-0.2, -0.15) is 0 Å². The van der Waals surface area contributed by atoms with Gasteiger partial charge in [0.2, 0.25) is 16.0 Å². The summed E-state index contributed by atoms with van der Waals surface area (Å²) in [5, 5.41) is 0. The molecule has 0 aliphatic carbocycles. The Bertz CT molecular complexity index is 972. The molecule has 2 aliphatic heterocycles. The highest BCUT2D eigenvalue weighted by atomic mass is 32.2. The molecule has 1 aromatic carbocycles. The number of aromatic nitrogens is 2. The molecule has 1 fully saturated rings. The minimum atomic E-state index is -3.27. The molecule has 0 unspecified atom stereocenters. The van der Waals surface area contributed by atoms with Gasteiger partial charge in [0.05, 0.1) is 18.5 Å². The van der Waals surface area contributed by atoms with Crippen molar-refractivity contribution in [2.75, 3.05) is 54.7 Å². The lowest BCUT2D eigenvalue weighted by molar-refractivity contribution is 0.0926. The first-order valence-electron chi connectivity index (χ1n) is 9.30. The normalized spacial score (nSPS) is 17.6. The summed E-state index contributed by atoms with van der Waals surface area (Å²) < 4.78 is 25.1. The second-order valence-corrected chi connectivity index (χ2v) is 9.07. The second kappa shape index (κ2) is 7.48. The molecule has 0 spiro atoms. The molecule has 28 heavy (non-hydrogen) atoms. The molecule has 0 saturated carbocycles. The van der Waals surface area contributed by atoms with Crippen molar-refractivity contribution >= 4 is 27.4 Å². The predicted molar refractivity (Wildman–Crippen MR) is 107 cm³/mol. The Labute approximate surface area is 164 Å². The summed E-state index contributed by atoms with van der Waals surface area (Å²) in [5.74, 6) is 0.785. The Morgan fingerprint density at radius 1 is 1.07 bits per heavy atom. The molecule has 1 aromatic heterocycles. The van der Waals surface area contributed by atoms with Crippen molar-refractivity contribution in [1.82, 2.24) is 14.9 Å². The van der Waals surface area contributed by atoms with Crippen molar-refractivity contribution in [1.29, 1.82) is 0 Å². The van der Waals surface area contributed by atoms with E-state index in [4.69, 9.17) is 0 Å². The first-order chi connectivity index (χ1) is 13.4. The molecule has 9 heteroatoms. The van der Waals surface area contributed by atoms with Gasteiger partial charge in [-0.3, -0.25) is 14.0 Å². The number of Topliss-reactive ketones (excluding diaryl/α,β-unsaturated/α-hetero) is 1. The zero-order valence-electron chi connectivity index (χ0n) is 15.8. The molecule has 2 aliphatic rings. The number of rotatable bonds is 5. The Kier molecular flexibility index (Phi) is 5.03. The molecule has 4 rings (SSSR count). The van der Waals surface area contributed by atoms with E-state index in [-0.39, 0.29) is 5.78 Å². The van der Waals surface area contributed by atoms with Crippen LogP contribution in [-0.4, -0.2) is 74.6 Å². The SMILES string of the molecule is CS(=O)(=O)N1CCc2cc(C(=O)CN3CCN(c4ncccn4)CC3)ccc21. The molecular formula is C19H23N5O3S. The Balaban J connectivity index is 1.38. The summed E-state index contributed by atoms with van der Waals surface area (Å²) in [6, 6.07) is 7.13. The van der Waals surface area contributed by atoms with Crippen LogP contribution in [0, 0.1) is 0 Å². The standard InChI is InChI=1S/C19H23N5O3S/c1-28(26,27)24-8-5-15-13-16(3-4-17(15)24)18(25)14-22-9-11-23(12-10-22)19-20-6-2-7-21-19/h2-4,6-7,13H,5,8-12,14H2,1H3. The Morgan fingerprint density at radius 2 is 1.79 bits per heavy atom. The van der Waals surface area contributed by atoms with Gasteiger partial charge >= 0.3 is 0 Å². The largest absolute Gasteiger partial charge is 0.338 e. The highest BCUT2D eigenvalue weighted by molar-refractivity contribution is 7.92. The van der Waals surface area contributed by atoms with Gasteiger partial charge in [-0.05, 0) is 36.2 Å². The molecule has 148 valence electrons. The van der Waals surface area contributed by atoms with Gasteiger partial charge in [0.1, 0.15) is 0 Å². The topological polar surface area (TPSA) is 86.7 Å². The zero-order valence-corrected chi connectivity index (χ0v) is 16.6. The quantitative estimate of drug-likeness (QED) is 0.685. The van der Waals surface area contributed by atoms with Crippen LogP contribution in [0.1, 0.15) is 15.9 Å². The minimum absolute atomic E-state index is 0.0602. The number of anilines is 2. The molecule has 2 aromatic rings. The van der Waals surface area contributed by atoms with Crippen LogP contribution >= 0.6 is 0 Å². The maximum Gasteiger partial charge on any atom is 0.232 e. The smallest absolute Gasteiger partial charge is 0.232 e. The number of fused-ring (bicyclic) bond motifs is 1. The van der Waals surface area contributed by atoms with Gasteiger partial charge in [0.25, 0.3) is 0 Å². The van der Waals surface area contributed by atoms with E-state index < -0.39 is 10.0 Å². The summed E-state index contributed by atoms with van der Waals surface area (Å²) >= 11 is 0. The fourth-order valence-corrected chi connectivity index (χ4v) is 4.70. The summed E-state index contributed by atoms with van der Waals surface area (Å²) in [7, 11) is -3.27. The molecule has 0 atom stereocenters. The Hall–Kier alpha value is -2.52. The van der Waals surface area contributed by atoms with Gasteiger partial charge in [0.15, 0.2) is 5.78 Å². The number of piperazine rings is 1. The summed E-state index contributed by atoms with van der Waals surface area (Å²) in [4.78, 5) is 25.5. The van der Waals surface area contributed by atoms with Crippen LogP contribution in [0.25, 0.3) is 0 Å². The van der Waals surface area contributed by atoms with Crippen LogP contribution in [0.4, 0.5) is 11.6 Å². The van der Waals surface area contributed by atoms with Gasteiger partial charge in [-0.1, -0.05) is 0 Å². The van der Waals surface area contributed by atoms with E-state index in [0.29, 0.717) is 30.8 Å². The van der Waals surface area contributed by atoms with Crippen molar-refractivity contribution < 1.29 is 13.2 Å². The number of hydrogen-bond acceptors (Lipinski definition) is 7. The van der Waals surface area contributed by atoms with E-state index in [1.54, 1.807) is 30.6 Å². The fourth-order valence-electron chi connectivity index (χ4n) is 3.74. The molecule has 8 nitrogen and oxygen atoms in total. The van der Waals surface area contributed by atoms with E-state index in [1.165, 1.54) is 10.6 Å². The lowest BCUT2D eigenvalue weighted by Gasteiger charge is -2.34. The van der Waals surface area contributed by atoms with Gasteiger partial charge in [-0.15, -0.1) is 0 Å². The van der Waals surface area contributed by atoms with Crippen LogP contribution in [0.3, 0.4) is 0 Å². The summed E-state index contributed by atoms with van der Waals surface area (Å²) in [6.07, 6.45) is 5.31. The number of benzene rings is 1. The fraction of sp³-hybridized carbons (Fsp3) is 0.421. The number of ketones is 1. The minimum Gasteiger partial charge on any atom is -0.338 e. The number of nitrogens with zero attached hydrogens (tertiary/aromatic N) is 5. The van der Waals surface area contributed by atoms with Crippen LogP contribution < -0.4 is 9.21 Å². The summed E-state index contributed by atoms with van der Waals surface area (Å²) in [6.45, 7) is 3.91.